The fraction of sp³-hybridized carbons (Fsp3) is 0.294. The molecule has 21 heavy (non-hydrogen) atoms. The van der Waals surface area contributed by atoms with Crippen molar-refractivity contribution in [1.82, 2.24) is 4.98 Å². The van der Waals surface area contributed by atoms with Gasteiger partial charge < -0.3 is 5.11 Å². The van der Waals surface area contributed by atoms with Crippen molar-refractivity contribution in [3.8, 4) is 0 Å². The molecule has 0 aliphatic carbocycles. The number of aryl methyl sites for hydroxylation is 1. The highest BCUT2D eigenvalue weighted by Crippen LogP contribution is 2.30. The Morgan fingerprint density at radius 1 is 1.29 bits per heavy atom. The first kappa shape index (κ1) is 15.5. The molecule has 0 spiro atoms. The van der Waals surface area contributed by atoms with E-state index in [4.69, 9.17) is 21.7 Å². The Bertz CT molecular complexity index is 743. The zero-order valence-electron chi connectivity index (χ0n) is 12.6. The molecule has 4 heteroatoms. The second-order valence-electron chi connectivity index (χ2n) is 6.14. The number of rotatable bonds is 2. The van der Waals surface area contributed by atoms with Gasteiger partial charge in [0.05, 0.1) is 5.52 Å². The van der Waals surface area contributed by atoms with Crippen LogP contribution in [0.25, 0.3) is 17.0 Å². The standard InChI is InChI=1S/C17H18ClNO2/c1-10-7-12(18)9-13-11(5-6-15(20)21)8-14(17(2,3)4)19-16(10)13/h5-9H,1-4H3,(H,20,21)/b6-5+. The molecule has 0 bridgehead atoms. The van der Waals surface area contributed by atoms with Crippen LogP contribution >= 0.6 is 11.6 Å². The largest absolute Gasteiger partial charge is 0.478 e. The Hall–Kier alpha value is -1.87. The average Bonchev–Trinajstić information content (AvgIpc) is 2.34. The minimum absolute atomic E-state index is 0.119. The highest BCUT2D eigenvalue weighted by molar-refractivity contribution is 6.31. The van der Waals surface area contributed by atoms with Gasteiger partial charge in [0.15, 0.2) is 0 Å². The summed E-state index contributed by atoms with van der Waals surface area (Å²) in [4.78, 5) is 15.5. The Morgan fingerprint density at radius 2 is 1.95 bits per heavy atom. The van der Waals surface area contributed by atoms with Crippen LogP contribution in [0.4, 0.5) is 0 Å². The maximum absolute atomic E-state index is 10.8. The van der Waals surface area contributed by atoms with E-state index in [9.17, 15) is 4.79 Å². The number of carbonyl (C=O) groups is 1. The van der Waals surface area contributed by atoms with Crippen molar-refractivity contribution < 1.29 is 9.90 Å². The van der Waals surface area contributed by atoms with Crippen molar-refractivity contribution in [2.75, 3.05) is 0 Å². The Balaban J connectivity index is 2.82. The lowest BCUT2D eigenvalue weighted by Crippen LogP contribution is -2.14. The van der Waals surface area contributed by atoms with E-state index in [0.29, 0.717) is 5.02 Å². The molecule has 0 radical (unpaired) electrons. The van der Waals surface area contributed by atoms with Gasteiger partial charge in [-0.05, 0) is 42.3 Å². The molecule has 3 nitrogen and oxygen atoms in total. The third-order valence-electron chi connectivity index (χ3n) is 3.27. The van der Waals surface area contributed by atoms with Gasteiger partial charge >= 0.3 is 5.97 Å². The summed E-state index contributed by atoms with van der Waals surface area (Å²) in [5, 5.41) is 10.3. The van der Waals surface area contributed by atoms with E-state index < -0.39 is 5.97 Å². The molecule has 0 saturated carbocycles. The number of hydrogen-bond donors (Lipinski definition) is 1. The van der Waals surface area contributed by atoms with Gasteiger partial charge in [0.1, 0.15) is 0 Å². The lowest BCUT2D eigenvalue weighted by Gasteiger charge is -2.20. The van der Waals surface area contributed by atoms with Crippen LogP contribution in [0.15, 0.2) is 24.3 Å². The van der Waals surface area contributed by atoms with Gasteiger partial charge in [0, 0.05) is 27.6 Å². The third kappa shape index (κ3) is 3.42. The number of pyridine rings is 1. The minimum Gasteiger partial charge on any atom is -0.478 e. The smallest absolute Gasteiger partial charge is 0.328 e. The molecule has 2 rings (SSSR count). The maximum Gasteiger partial charge on any atom is 0.328 e. The van der Waals surface area contributed by atoms with Crippen LogP contribution in [-0.2, 0) is 10.2 Å². The average molecular weight is 304 g/mol. The van der Waals surface area contributed by atoms with Crippen LogP contribution in [0.5, 0.6) is 0 Å². The van der Waals surface area contributed by atoms with E-state index in [1.807, 2.05) is 25.1 Å². The summed E-state index contributed by atoms with van der Waals surface area (Å²) in [7, 11) is 0. The van der Waals surface area contributed by atoms with Crippen molar-refractivity contribution in [2.45, 2.75) is 33.1 Å². The summed E-state index contributed by atoms with van der Waals surface area (Å²) < 4.78 is 0. The Kier molecular flexibility index (Phi) is 4.06. The van der Waals surface area contributed by atoms with Gasteiger partial charge in [-0.15, -0.1) is 0 Å². The van der Waals surface area contributed by atoms with E-state index in [-0.39, 0.29) is 5.41 Å². The number of hydrogen-bond acceptors (Lipinski definition) is 2. The van der Waals surface area contributed by atoms with Crippen molar-refractivity contribution in [3.05, 3.63) is 46.1 Å². The summed E-state index contributed by atoms with van der Waals surface area (Å²) in [5.41, 5.74) is 3.46. The Morgan fingerprint density at radius 3 is 2.52 bits per heavy atom. The first-order chi connectivity index (χ1) is 9.68. The summed E-state index contributed by atoms with van der Waals surface area (Å²) in [6, 6.07) is 5.62. The molecule has 1 N–H and O–H groups in total. The number of aromatic nitrogens is 1. The van der Waals surface area contributed by atoms with Crippen LogP contribution in [0, 0.1) is 6.92 Å². The zero-order chi connectivity index (χ0) is 15.8. The van der Waals surface area contributed by atoms with Crippen molar-refractivity contribution in [1.29, 1.82) is 0 Å². The third-order valence-corrected chi connectivity index (χ3v) is 3.49. The van der Waals surface area contributed by atoms with Gasteiger partial charge in [-0.25, -0.2) is 4.79 Å². The van der Waals surface area contributed by atoms with Gasteiger partial charge in [-0.1, -0.05) is 32.4 Å². The van der Waals surface area contributed by atoms with Crippen LogP contribution in [0.2, 0.25) is 5.02 Å². The number of halogens is 1. The number of fused-ring (bicyclic) bond motifs is 1. The number of carboxylic acids is 1. The van der Waals surface area contributed by atoms with E-state index in [0.717, 1.165) is 33.8 Å². The maximum atomic E-state index is 10.8. The van der Waals surface area contributed by atoms with Crippen molar-refractivity contribution in [3.63, 3.8) is 0 Å². The number of carboxylic acid groups (broad SMARTS) is 1. The predicted molar refractivity (Wildman–Crippen MR) is 86.9 cm³/mol. The molecule has 0 fully saturated rings. The molecule has 1 heterocycles. The molecule has 0 amide bonds. The molecule has 0 unspecified atom stereocenters. The van der Waals surface area contributed by atoms with Gasteiger partial charge in [0.2, 0.25) is 0 Å². The summed E-state index contributed by atoms with van der Waals surface area (Å²) in [5.74, 6) is -0.976. The van der Waals surface area contributed by atoms with Gasteiger partial charge in [-0.3, -0.25) is 4.98 Å². The molecular formula is C17H18ClNO2. The van der Waals surface area contributed by atoms with Crippen LogP contribution in [-0.4, -0.2) is 16.1 Å². The van der Waals surface area contributed by atoms with Gasteiger partial charge in [-0.2, -0.15) is 0 Å². The predicted octanol–water partition coefficient (Wildman–Crippen LogP) is 4.59. The molecule has 0 aliphatic heterocycles. The SMILES string of the molecule is Cc1cc(Cl)cc2c(/C=C/C(=O)O)cc(C(C)(C)C)nc12. The van der Waals surface area contributed by atoms with Crippen LogP contribution in [0.1, 0.15) is 37.6 Å². The highest BCUT2D eigenvalue weighted by atomic mass is 35.5. The molecule has 0 atom stereocenters. The fourth-order valence-corrected chi connectivity index (χ4v) is 2.44. The molecule has 1 aromatic carbocycles. The lowest BCUT2D eigenvalue weighted by molar-refractivity contribution is -0.131. The first-order valence-corrected chi connectivity index (χ1v) is 7.08. The minimum atomic E-state index is -0.976. The quantitative estimate of drug-likeness (QED) is 0.825. The van der Waals surface area contributed by atoms with E-state index >= 15 is 0 Å². The first-order valence-electron chi connectivity index (χ1n) is 6.71. The monoisotopic (exact) mass is 303 g/mol. The molecular weight excluding hydrogens is 286 g/mol. The van der Waals surface area contributed by atoms with Crippen LogP contribution < -0.4 is 0 Å². The second kappa shape index (κ2) is 5.49. The fourth-order valence-electron chi connectivity index (χ4n) is 2.16. The van der Waals surface area contributed by atoms with E-state index in [2.05, 4.69) is 20.8 Å². The molecule has 1 aromatic heterocycles. The molecule has 0 saturated heterocycles. The molecule has 2 aromatic rings. The number of benzene rings is 1. The summed E-state index contributed by atoms with van der Waals surface area (Å²) in [6.45, 7) is 8.20. The second-order valence-corrected chi connectivity index (χ2v) is 6.57. The highest BCUT2D eigenvalue weighted by Gasteiger charge is 2.18. The topological polar surface area (TPSA) is 50.2 Å². The molecule has 0 aliphatic rings. The summed E-state index contributed by atoms with van der Waals surface area (Å²) in [6.07, 6.45) is 2.73. The van der Waals surface area contributed by atoms with E-state index in [1.165, 1.54) is 0 Å². The number of aliphatic carboxylic acids is 1. The normalized spacial score (nSPS) is 12.2. The van der Waals surface area contributed by atoms with Crippen molar-refractivity contribution in [2.24, 2.45) is 0 Å². The molecule has 110 valence electrons. The Labute approximate surface area is 129 Å². The van der Waals surface area contributed by atoms with Gasteiger partial charge in [0.25, 0.3) is 0 Å². The van der Waals surface area contributed by atoms with Crippen molar-refractivity contribution >= 4 is 34.5 Å². The van der Waals surface area contributed by atoms with E-state index in [1.54, 1.807) is 6.08 Å². The lowest BCUT2D eigenvalue weighted by atomic mass is 9.89. The van der Waals surface area contributed by atoms with Crippen LogP contribution in [0.3, 0.4) is 0 Å². The zero-order valence-corrected chi connectivity index (χ0v) is 13.3. The summed E-state index contributed by atoms with van der Waals surface area (Å²) >= 11 is 6.12. The number of nitrogens with zero attached hydrogens (tertiary/aromatic N) is 1.